The van der Waals surface area contributed by atoms with Gasteiger partial charge in [-0.2, -0.15) is 0 Å². The number of aromatic carboxylic acids is 1. The minimum absolute atomic E-state index is 0.0505. The van der Waals surface area contributed by atoms with Crippen molar-refractivity contribution in [2.45, 2.75) is 25.7 Å². The maximum Gasteiger partial charge on any atom is 0.411 e. The van der Waals surface area contributed by atoms with Gasteiger partial charge in [-0.15, -0.1) is 0 Å². The minimum atomic E-state index is -1.09. The summed E-state index contributed by atoms with van der Waals surface area (Å²) in [6.07, 6.45) is -0.670. The Morgan fingerprint density at radius 2 is 1.57 bits per heavy atom. The summed E-state index contributed by atoms with van der Waals surface area (Å²) in [5.74, 6) is -0.955. The Hall–Kier alpha value is -3.60. The van der Waals surface area contributed by atoms with Gasteiger partial charge in [-0.1, -0.05) is 68.4 Å². The summed E-state index contributed by atoms with van der Waals surface area (Å²) in [6, 6.07) is 21.2. The number of benzene rings is 3. The fourth-order valence-corrected chi connectivity index (χ4v) is 3.95. The number of rotatable bonds is 5. The predicted molar refractivity (Wildman–Crippen MR) is 116 cm³/mol. The quantitative estimate of drug-likeness (QED) is 0.561. The Kier molecular flexibility index (Phi) is 5.27. The standard InChI is InChI=1S/C25H23NO4/c1-15(2)16-11-12-23(21(13-16)24(27)28)26-25(29)30-14-22-19-9-5-3-7-17(19)18-8-4-6-10-20(18)22/h3-13,15,22H,14H2,1-2H3,(H,26,29)(H,27,28). The molecule has 3 aromatic rings. The molecule has 0 spiro atoms. The van der Waals surface area contributed by atoms with Gasteiger partial charge < -0.3 is 9.84 Å². The van der Waals surface area contributed by atoms with Gasteiger partial charge >= 0.3 is 12.1 Å². The molecule has 2 N–H and O–H groups in total. The van der Waals surface area contributed by atoms with Gasteiger partial charge in [-0.3, -0.25) is 5.32 Å². The molecule has 0 saturated carbocycles. The molecule has 152 valence electrons. The molecule has 0 radical (unpaired) electrons. The molecule has 0 saturated heterocycles. The molecule has 0 heterocycles. The molecule has 0 unspecified atom stereocenters. The first kappa shape index (κ1) is 19.7. The fraction of sp³-hybridized carbons (Fsp3) is 0.200. The van der Waals surface area contributed by atoms with Gasteiger partial charge in [-0.05, 0) is 45.9 Å². The van der Waals surface area contributed by atoms with Crippen molar-refractivity contribution in [3.05, 3.63) is 89.0 Å². The molecular weight excluding hydrogens is 378 g/mol. The monoisotopic (exact) mass is 401 g/mol. The Morgan fingerprint density at radius 1 is 0.967 bits per heavy atom. The molecule has 30 heavy (non-hydrogen) atoms. The van der Waals surface area contributed by atoms with Gasteiger partial charge in [0.25, 0.3) is 0 Å². The molecular formula is C25H23NO4. The highest BCUT2D eigenvalue weighted by Gasteiger charge is 2.29. The molecule has 1 aliphatic rings. The van der Waals surface area contributed by atoms with E-state index in [4.69, 9.17) is 4.74 Å². The molecule has 0 atom stereocenters. The van der Waals surface area contributed by atoms with E-state index in [-0.39, 0.29) is 29.7 Å². The number of carboxylic acid groups (broad SMARTS) is 1. The zero-order valence-electron chi connectivity index (χ0n) is 16.9. The summed E-state index contributed by atoms with van der Waals surface area (Å²) >= 11 is 0. The van der Waals surface area contributed by atoms with Crippen LogP contribution in [0, 0.1) is 0 Å². The molecule has 0 aliphatic heterocycles. The number of anilines is 1. The number of fused-ring (bicyclic) bond motifs is 3. The number of carbonyl (C=O) groups excluding carboxylic acids is 1. The van der Waals surface area contributed by atoms with Crippen LogP contribution < -0.4 is 5.32 Å². The van der Waals surface area contributed by atoms with E-state index in [9.17, 15) is 14.7 Å². The number of carboxylic acids is 1. The molecule has 0 fully saturated rings. The van der Waals surface area contributed by atoms with Crippen LogP contribution in [0.3, 0.4) is 0 Å². The average Bonchev–Trinajstić information content (AvgIpc) is 3.06. The summed E-state index contributed by atoms with van der Waals surface area (Å²) in [5.41, 5.74) is 5.72. The predicted octanol–water partition coefficient (Wildman–Crippen LogP) is 5.87. The van der Waals surface area contributed by atoms with E-state index in [1.54, 1.807) is 12.1 Å². The van der Waals surface area contributed by atoms with Gasteiger partial charge in [0.2, 0.25) is 0 Å². The third-order valence-corrected chi connectivity index (χ3v) is 5.52. The van der Waals surface area contributed by atoms with Crippen molar-refractivity contribution in [3.8, 4) is 11.1 Å². The van der Waals surface area contributed by atoms with Crippen LogP contribution in [0.2, 0.25) is 0 Å². The van der Waals surface area contributed by atoms with Crippen LogP contribution in [-0.4, -0.2) is 23.8 Å². The normalized spacial score (nSPS) is 12.4. The van der Waals surface area contributed by atoms with Crippen LogP contribution in [-0.2, 0) is 4.74 Å². The van der Waals surface area contributed by atoms with E-state index in [1.807, 2.05) is 44.2 Å². The van der Waals surface area contributed by atoms with Crippen LogP contribution in [0.25, 0.3) is 11.1 Å². The Morgan fingerprint density at radius 3 is 2.13 bits per heavy atom. The van der Waals surface area contributed by atoms with Gasteiger partial charge in [0.05, 0.1) is 11.3 Å². The lowest BCUT2D eigenvalue weighted by Crippen LogP contribution is -2.19. The third kappa shape index (κ3) is 3.66. The number of carbonyl (C=O) groups is 2. The maximum atomic E-state index is 12.5. The van der Waals surface area contributed by atoms with Gasteiger partial charge in [-0.25, -0.2) is 9.59 Å². The molecule has 3 aromatic carbocycles. The Bertz CT molecular complexity index is 1070. The molecule has 5 nitrogen and oxygen atoms in total. The zero-order valence-corrected chi connectivity index (χ0v) is 16.9. The van der Waals surface area contributed by atoms with Crippen LogP contribution in [0.4, 0.5) is 10.5 Å². The van der Waals surface area contributed by atoms with Gasteiger partial charge in [0.1, 0.15) is 6.61 Å². The molecule has 5 heteroatoms. The van der Waals surface area contributed by atoms with Gasteiger partial charge in [0, 0.05) is 5.92 Å². The first-order valence-electron chi connectivity index (χ1n) is 9.95. The lowest BCUT2D eigenvalue weighted by molar-refractivity contribution is 0.0698. The van der Waals surface area contributed by atoms with Crippen LogP contribution in [0.5, 0.6) is 0 Å². The van der Waals surface area contributed by atoms with E-state index < -0.39 is 12.1 Å². The van der Waals surface area contributed by atoms with Crippen molar-refractivity contribution in [3.63, 3.8) is 0 Å². The summed E-state index contributed by atoms with van der Waals surface area (Å²) in [6.45, 7) is 4.14. The SMILES string of the molecule is CC(C)c1ccc(NC(=O)OCC2c3ccccc3-c3ccccc32)c(C(=O)O)c1. The van der Waals surface area contributed by atoms with Crippen molar-refractivity contribution in [2.24, 2.45) is 0 Å². The van der Waals surface area contributed by atoms with E-state index >= 15 is 0 Å². The lowest BCUT2D eigenvalue weighted by Gasteiger charge is -2.16. The number of hydrogen-bond acceptors (Lipinski definition) is 3. The molecule has 4 rings (SSSR count). The lowest BCUT2D eigenvalue weighted by atomic mass is 9.98. The number of hydrogen-bond donors (Lipinski definition) is 2. The Balaban J connectivity index is 1.51. The Labute approximate surface area is 175 Å². The van der Waals surface area contributed by atoms with Crippen LogP contribution in [0.1, 0.15) is 52.7 Å². The summed E-state index contributed by atoms with van der Waals surface area (Å²) < 4.78 is 5.51. The second-order valence-corrected chi connectivity index (χ2v) is 7.72. The van der Waals surface area contributed by atoms with Crippen molar-refractivity contribution in [1.82, 2.24) is 0 Å². The van der Waals surface area contributed by atoms with E-state index in [0.29, 0.717) is 0 Å². The first-order chi connectivity index (χ1) is 14.5. The summed E-state index contributed by atoms with van der Waals surface area (Å²) in [5, 5.41) is 12.1. The second kappa shape index (κ2) is 8.03. The molecule has 1 aliphatic carbocycles. The topological polar surface area (TPSA) is 75.6 Å². The van der Waals surface area contributed by atoms with Crippen LogP contribution >= 0.6 is 0 Å². The van der Waals surface area contributed by atoms with Crippen molar-refractivity contribution in [1.29, 1.82) is 0 Å². The van der Waals surface area contributed by atoms with Crippen molar-refractivity contribution >= 4 is 17.7 Å². The first-order valence-corrected chi connectivity index (χ1v) is 9.95. The van der Waals surface area contributed by atoms with Crippen molar-refractivity contribution in [2.75, 3.05) is 11.9 Å². The summed E-state index contributed by atoms with van der Waals surface area (Å²) in [4.78, 5) is 24.1. The number of ether oxygens (including phenoxy) is 1. The van der Waals surface area contributed by atoms with Gasteiger partial charge in [0.15, 0.2) is 0 Å². The maximum absolute atomic E-state index is 12.5. The molecule has 0 bridgehead atoms. The molecule has 0 aromatic heterocycles. The minimum Gasteiger partial charge on any atom is -0.478 e. The fourth-order valence-electron chi connectivity index (χ4n) is 3.95. The second-order valence-electron chi connectivity index (χ2n) is 7.72. The number of amides is 1. The largest absolute Gasteiger partial charge is 0.478 e. The third-order valence-electron chi connectivity index (χ3n) is 5.52. The average molecular weight is 401 g/mol. The van der Waals surface area contributed by atoms with E-state index in [1.165, 1.54) is 0 Å². The zero-order chi connectivity index (χ0) is 21.3. The van der Waals surface area contributed by atoms with E-state index in [2.05, 4.69) is 29.6 Å². The number of nitrogens with one attached hydrogen (secondary N) is 1. The summed E-state index contributed by atoms with van der Waals surface area (Å²) in [7, 11) is 0. The highest BCUT2D eigenvalue weighted by molar-refractivity contribution is 5.99. The highest BCUT2D eigenvalue weighted by Crippen LogP contribution is 2.44. The van der Waals surface area contributed by atoms with Crippen LogP contribution in [0.15, 0.2) is 66.7 Å². The van der Waals surface area contributed by atoms with E-state index in [0.717, 1.165) is 27.8 Å². The molecule has 1 amide bonds. The smallest absolute Gasteiger partial charge is 0.411 e. The highest BCUT2D eigenvalue weighted by atomic mass is 16.5. The van der Waals surface area contributed by atoms with Crippen molar-refractivity contribution < 1.29 is 19.4 Å².